The molecule has 0 saturated carbocycles. The number of carbonyl (C=O) groups is 1. The molecule has 2 aromatic rings. The van der Waals surface area contributed by atoms with E-state index in [-0.39, 0.29) is 10.6 Å². The summed E-state index contributed by atoms with van der Waals surface area (Å²) < 4.78 is 39.8. The number of halogens is 1. The molecule has 2 N–H and O–H groups in total. The number of hydrogen-bond acceptors (Lipinski definition) is 5. The van der Waals surface area contributed by atoms with Crippen molar-refractivity contribution >= 4 is 33.0 Å². The number of rotatable bonds is 4. The molecule has 0 spiro atoms. The maximum absolute atomic E-state index is 13.4. The molecular weight excluding hydrogens is 319 g/mol. The highest BCUT2D eigenvalue weighted by molar-refractivity contribution is 7.93. The van der Waals surface area contributed by atoms with Gasteiger partial charge in [-0.3, -0.25) is 4.72 Å². The summed E-state index contributed by atoms with van der Waals surface area (Å²) in [6, 6.07) is 6.15. The summed E-state index contributed by atoms with van der Waals surface area (Å²) in [5.74, 6) is -2.26. The van der Waals surface area contributed by atoms with Crippen LogP contribution in [0.15, 0.2) is 34.5 Å². The van der Waals surface area contributed by atoms with Crippen LogP contribution in [-0.2, 0) is 10.0 Å². The van der Waals surface area contributed by atoms with Crippen LogP contribution in [0.3, 0.4) is 0 Å². The van der Waals surface area contributed by atoms with Crippen molar-refractivity contribution < 1.29 is 22.7 Å². The number of carboxylic acids is 1. The average molecular weight is 326 g/mol. The molecule has 2 rings (SSSR count). The lowest BCUT2D eigenvalue weighted by Crippen LogP contribution is -2.16. The van der Waals surface area contributed by atoms with Crippen molar-refractivity contribution in [3.8, 4) is 6.07 Å². The number of sulfonamides is 1. The lowest BCUT2D eigenvalue weighted by Gasteiger charge is -2.09. The van der Waals surface area contributed by atoms with Crippen LogP contribution >= 0.6 is 11.3 Å². The molecule has 0 radical (unpaired) electrons. The summed E-state index contributed by atoms with van der Waals surface area (Å²) in [5.41, 5.74) is -0.715. The summed E-state index contributed by atoms with van der Waals surface area (Å²) in [5, 5.41) is 19.1. The smallest absolute Gasteiger partial charge is 0.347 e. The molecule has 21 heavy (non-hydrogen) atoms. The van der Waals surface area contributed by atoms with E-state index in [2.05, 4.69) is 0 Å². The van der Waals surface area contributed by atoms with E-state index in [0.717, 1.165) is 23.5 Å². The van der Waals surface area contributed by atoms with Gasteiger partial charge in [0, 0.05) is 0 Å². The van der Waals surface area contributed by atoms with Crippen LogP contribution in [0.5, 0.6) is 0 Å². The molecule has 0 unspecified atom stereocenters. The summed E-state index contributed by atoms with van der Waals surface area (Å²) >= 11 is 0.750. The van der Waals surface area contributed by atoms with Crippen molar-refractivity contribution in [2.45, 2.75) is 4.90 Å². The maximum atomic E-state index is 13.4. The molecule has 108 valence electrons. The molecule has 0 atom stereocenters. The van der Waals surface area contributed by atoms with E-state index in [1.54, 1.807) is 6.07 Å². The Balaban J connectivity index is 2.49. The average Bonchev–Trinajstić information content (AvgIpc) is 2.88. The van der Waals surface area contributed by atoms with E-state index in [4.69, 9.17) is 10.4 Å². The SMILES string of the molecule is N#Cc1c(F)cccc1NS(=O)(=O)c1ccsc1C(=O)O. The molecule has 0 fully saturated rings. The van der Waals surface area contributed by atoms with Crippen molar-refractivity contribution in [3.05, 3.63) is 45.9 Å². The first-order valence-corrected chi connectivity index (χ1v) is 7.75. The van der Waals surface area contributed by atoms with Crippen LogP contribution in [0.25, 0.3) is 0 Å². The van der Waals surface area contributed by atoms with Crippen molar-refractivity contribution in [1.82, 2.24) is 0 Å². The molecule has 6 nitrogen and oxygen atoms in total. The minimum Gasteiger partial charge on any atom is -0.477 e. The molecule has 1 aromatic carbocycles. The number of nitriles is 1. The van der Waals surface area contributed by atoms with E-state index in [1.165, 1.54) is 17.5 Å². The highest BCUT2D eigenvalue weighted by Gasteiger charge is 2.25. The van der Waals surface area contributed by atoms with Gasteiger partial charge in [-0.25, -0.2) is 17.6 Å². The number of anilines is 1. The number of hydrogen-bond donors (Lipinski definition) is 2. The third-order valence-corrected chi connectivity index (χ3v) is 4.92. The predicted octanol–water partition coefficient (Wildman–Crippen LogP) is 2.26. The zero-order valence-electron chi connectivity index (χ0n) is 10.2. The Hall–Kier alpha value is -2.44. The summed E-state index contributed by atoms with van der Waals surface area (Å²) in [6.45, 7) is 0. The van der Waals surface area contributed by atoms with Gasteiger partial charge in [0.2, 0.25) is 0 Å². The van der Waals surface area contributed by atoms with Gasteiger partial charge in [-0.05, 0) is 23.6 Å². The van der Waals surface area contributed by atoms with Crippen molar-refractivity contribution in [1.29, 1.82) is 5.26 Å². The number of aromatic carboxylic acids is 1. The molecule has 1 heterocycles. The molecule has 0 aliphatic carbocycles. The lowest BCUT2D eigenvalue weighted by molar-refractivity contribution is 0.0698. The van der Waals surface area contributed by atoms with Crippen molar-refractivity contribution in [2.24, 2.45) is 0 Å². The van der Waals surface area contributed by atoms with Crippen LogP contribution in [-0.4, -0.2) is 19.5 Å². The first kappa shape index (κ1) is 15.0. The second-order valence-corrected chi connectivity index (χ2v) is 6.37. The minimum atomic E-state index is -4.23. The zero-order chi connectivity index (χ0) is 15.6. The van der Waals surface area contributed by atoms with Gasteiger partial charge in [0.25, 0.3) is 10.0 Å². The first-order chi connectivity index (χ1) is 9.86. The van der Waals surface area contributed by atoms with Gasteiger partial charge in [-0.15, -0.1) is 11.3 Å². The largest absolute Gasteiger partial charge is 0.477 e. The number of nitrogens with one attached hydrogen (secondary N) is 1. The number of benzene rings is 1. The Bertz CT molecular complexity index is 852. The van der Waals surface area contributed by atoms with E-state index >= 15 is 0 Å². The van der Waals surface area contributed by atoms with E-state index < -0.39 is 32.3 Å². The minimum absolute atomic E-state index is 0.250. The highest BCUT2D eigenvalue weighted by Crippen LogP contribution is 2.26. The van der Waals surface area contributed by atoms with E-state index in [9.17, 15) is 17.6 Å². The third kappa shape index (κ3) is 2.86. The van der Waals surface area contributed by atoms with Crippen molar-refractivity contribution in [3.63, 3.8) is 0 Å². The van der Waals surface area contributed by atoms with Gasteiger partial charge >= 0.3 is 5.97 Å². The topological polar surface area (TPSA) is 107 Å². The summed E-state index contributed by atoms with van der Waals surface area (Å²) in [6.07, 6.45) is 0. The summed E-state index contributed by atoms with van der Waals surface area (Å²) in [7, 11) is -4.23. The van der Waals surface area contributed by atoms with Gasteiger partial charge in [-0.1, -0.05) is 6.07 Å². The number of carboxylic acid groups (broad SMARTS) is 1. The number of nitrogens with zero attached hydrogens (tertiary/aromatic N) is 1. The Morgan fingerprint density at radius 2 is 2.10 bits per heavy atom. The van der Waals surface area contributed by atoms with Crippen LogP contribution in [0, 0.1) is 17.1 Å². The number of thiophene rings is 1. The van der Waals surface area contributed by atoms with Crippen LogP contribution in [0.2, 0.25) is 0 Å². The third-order valence-electron chi connectivity index (χ3n) is 2.48. The Labute approximate surface area is 123 Å². The van der Waals surface area contributed by atoms with Crippen LogP contribution in [0.4, 0.5) is 10.1 Å². The van der Waals surface area contributed by atoms with Crippen molar-refractivity contribution in [2.75, 3.05) is 4.72 Å². The zero-order valence-corrected chi connectivity index (χ0v) is 11.8. The summed E-state index contributed by atoms with van der Waals surface area (Å²) in [4.78, 5) is 10.2. The van der Waals surface area contributed by atoms with E-state index in [1.807, 2.05) is 4.72 Å². The Morgan fingerprint density at radius 1 is 1.38 bits per heavy atom. The van der Waals surface area contributed by atoms with Gasteiger partial charge in [0.05, 0.1) is 5.69 Å². The fourth-order valence-electron chi connectivity index (χ4n) is 1.59. The molecule has 0 aliphatic heterocycles. The highest BCUT2D eigenvalue weighted by atomic mass is 32.2. The Kier molecular flexibility index (Phi) is 3.93. The quantitative estimate of drug-likeness (QED) is 0.896. The molecule has 0 bridgehead atoms. The Morgan fingerprint density at radius 3 is 2.71 bits per heavy atom. The van der Waals surface area contributed by atoms with E-state index in [0.29, 0.717) is 0 Å². The molecule has 0 amide bonds. The first-order valence-electron chi connectivity index (χ1n) is 5.39. The molecular formula is C12H7FN2O4S2. The normalized spacial score (nSPS) is 10.9. The van der Waals surface area contributed by atoms with Gasteiger partial charge in [0.15, 0.2) is 0 Å². The molecule has 9 heteroatoms. The predicted molar refractivity (Wildman–Crippen MR) is 73.2 cm³/mol. The second kappa shape index (κ2) is 5.51. The van der Waals surface area contributed by atoms with Crippen LogP contribution in [0.1, 0.15) is 15.2 Å². The standard InChI is InChI=1S/C12H7FN2O4S2/c13-8-2-1-3-9(7(8)6-14)15-21(18,19)10-4-5-20-11(10)12(16)17/h1-5,15H,(H,16,17). The lowest BCUT2D eigenvalue weighted by atomic mass is 10.2. The van der Waals surface area contributed by atoms with Gasteiger partial charge < -0.3 is 5.11 Å². The van der Waals surface area contributed by atoms with Gasteiger partial charge in [-0.2, -0.15) is 5.26 Å². The van der Waals surface area contributed by atoms with Gasteiger partial charge in [0.1, 0.15) is 27.2 Å². The second-order valence-electron chi connectivity index (χ2n) is 3.80. The van der Waals surface area contributed by atoms with Crippen LogP contribution < -0.4 is 4.72 Å². The maximum Gasteiger partial charge on any atom is 0.347 e. The molecule has 0 saturated heterocycles. The monoisotopic (exact) mass is 326 g/mol. The fraction of sp³-hybridized carbons (Fsp3) is 0. The fourth-order valence-corrected chi connectivity index (χ4v) is 3.92. The molecule has 1 aromatic heterocycles. The molecule has 0 aliphatic rings.